The van der Waals surface area contributed by atoms with E-state index in [-0.39, 0.29) is 36.2 Å². The van der Waals surface area contributed by atoms with Gasteiger partial charge in [0.1, 0.15) is 11.4 Å². The Bertz CT molecular complexity index is 779. The fraction of sp³-hybridized carbons (Fsp3) is 0.400. The summed E-state index contributed by atoms with van der Waals surface area (Å²) in [6.45, 7) is 2.57. The highest BCUT2D eigenvalue weighted by molar-refractivity contribution is 6.02. The minimum absolute atomic E-state index is 0.00682. The van der Waals surface area contributed by atoms with E-state index >= 15 is 0 Å². The monoisotopic (exact) mass is 348 g/mol. The molecule has 25 heavy (non-hydrogen) atoms. The summed E-state index contributed by atoms with van der Waals surface area (Å²) in [7, 11) is 1.61. The first-order chi connectivity index (χ1) is 11.9. The van der Waals surface area contributed by atoms with Crippen LogP contribution in [0.5, 0.6) is 0 Å². The van der Waals surface area contributed by atoms with Crippen molar-refractivity contribution in [2.24, 2.45) is 7.05 Å². The zero-order chi connectivity index (χ0) is 18.4. The van der Waals surface area contributed by atoms with Crippen molar-refractivity contribution in [1.29, 1.82) is 0 Å². The quantitative estimate of drug-likeness (QED) is 0.636. The predicted molar refractivity (Wildman–Crippen MR) is 88.3 cm³/mol. The van der Waals surface area contributed by atoms with Gasteiger partial charge in [-0.1, -0.05) is 6.92 Å². The molecule has 10 nitrogen and oxygen atoms in total. The highest BCUT2D eigenvalue weighted by Gasteiger charge is 2.18. The Morgan fingerprint density at radius 1 is 1.28 bits per heavy atom. The lowest BCUT2D eigenvalue weighted by molar-refractivity contribution is -0.116. The number of aryl methyl sites for hydroxylation is 2. The molecule has 0 bridgehead atoms. The molecule has 2 rings (SSSR count). The molecule has 3 N–H and O–H groups in total. The van der Waals surface area contributed by atoms with E-state index in [2.05, 4.69) is 20.8 Å². The molecule has 2 aromatic rings. The molecule has 0 saturated heterocycles. The van der Waals surface area contributed by atoms with Gasteiger partial charge in [0.25, 0.3) is 5.91 Å². The number of aromatic nitrogens is 4. The average Bonchev–Trinajstić information content (AvgIpc) is 3.17. The summed E-state index contributed by atoms with van der Waals surface area (Å²) in [6, 6.07) is 1.36. The Hall–Kier alpha value is -3.17. The van der Waals surface area contributed by atoms with Crippen LogP contribution in [0.1, 0.15) is 40.7 Å². The molecule has 0 aliphatic carbocycles. The largest absolute Gasteiger partial charge is 0.477 e. The summed E-state index contributed by atoms with van der Waals surface area (Å²) in [5, 5.41) is 22.2. The summed E-state index contributed by atoms with van der Waals surface area (Å²) in [6.07, 6.45) is 3.56. The maximum Gasteiger partial charge on any atom is 0.354 e. The summed E-state index contributed by atoms with van der Waals surface area (Å²) in [5.41, 5.74) is 0.570. The van der Waals surface area contributed by atoms with E-state index in [4.69, 9.17) is 5.11 Å². The Balaban J connectivity index is 2.00. The van der Waals surface area contributed by atoms with E-state index in [1.807, 2.05) is 6.92 Å². The van der Waals surface area contributed by atoms with Crippen LogP contribution in [-0.2, 0) is 18.4 Å². The number of nitrogens with zero attached hydrogens (tertiary/aromatic N) is 4. The van der Waals surface area contributed by atoms with Crippen molar-refractivity contribution < 1.29 is 19.5 Å². The van der Waals surface area contributed by atoms with Crippen LogP contribution in [0, 0.1) is 0 Å². The summed E-state index contributed by atoms with van der Waals surface area (Å²) >= 11 is 0. The fourth-order valence-corrected chi connectivity index (χ4v) is 2.23. The topological polar surface area (TPSA) is 131 Å². The molecule has 0 fully saturated rings. The third kappa shape index (κ3) is 4.43. The molecule has 0 aromatic carbocycles. The minimum atomic E-state index is -1.11. The number of rotatable bonds is 8. The van der Waals surface area contributed by atoms with E-state index in [1.165, 1.54) is 27.8 Å². The van der Waals surface area contributed by atoms with Gasteiger partial charge in [-0.25, -0.2) is 4.79 Å². The third-order valence-corrected chi connectivity index (χ3v) is 3.45. The SMILES string of the molecule is CCCNC(=O)c1c(NC(=O)CCn2nccc2C(=O)O)cnn1C. The number of anilines is 1. The number of nitrogens with one attached hydrogen (secondary N) is 2. The maximum atomic E-state index is 12.1. The Morgan fingerprint density at radius 3 is 2.72 bits per heavy atom. The van der Waals surface area contributed by atoms with Gasteiger partial charge in [-0.05, 0) is 12.5 Å². The Labute approximate surface area is 143 Å². The van der Waals surface area contributed by atoms with E-state index in [0.29, 0.717) is 12.2 Å². The fourth-order valence-electron chi connectivity index (χ4n) is 2.23. The van der Waals surface area contributed by atoms with Crippen LogP contribution in [0.4, 0.5) is 5.69 Å². The van der Waals surface area contributed by atoms with Gasteiger partial charge in [0.2, 0.25) is 5.91 Å². The lowest BCUT2D eigenvalue weighted by atomic mass is 10.3. The molecule has 2 heterocycles. The van der Waals surface area contributed by atoms with E-state index < -0.39 is 5.97 Å². The van der Waals surface area contributed by atoms with E-state index in [1.54, 1.807) is 7.05 Å². The smallest absolute Gasteiger partial charge is 0.354 e. The maximum absolute atomic E-state index is 12.1. The zero-order valence-corrected chi connectivity index (χ0v) is 14.0. The second-order valence-electron chi connectivity index (χ2n) is 5.33. The number of amides is 2. The van der Waals surface area contributed by atoms with Crippen LogP contribution in [0.15, 0.2) is 18.5 Å². The highest BCUT2D eigenvalue weighted by atomic mass is 16.4. The minimum Gasteiger partial charge on any atom is -0.477 e. The van der Waals surface area contributed by atoms with Crippen molar-refractivity contribution in [3.8, 4) is 0 Å². The van der Waals surface area contributed by atoms with Gasteiger partial charge in [0.05, 0.1) is 18.4 Å². The average molecular weight is 348 g/mol. The van der Waals surface area contributed by atoms with Gasteiger partial charge in [0.15, 0.2) is 0 Å². The first-order valence-corrected chi connectivity index (χ1v) is 7.79. The van der Waals surface area contributed by atoms with Gasteiger partial charge in [-0.3, -0.25) is 19.0 Å². The number of aromatic carboxylic acids is 1. The molecular formula is C15H20N6O4. The summed E-state index contributed by atoms with van der Waals surface area (Å²) in [5.74, 6) is -1.80. The Morgan fingerprint density at radius 2 is 2.04 bits per heavy atom. The summed E-state index contributed by atoms with van der Waals surface area (Å²) < 4.78 is 2.62. The van der Waals surface area contributed by atoms with Crippen molar-refractivity contribution in [2.75, 3.05) is 11.9 Å². The lowest BCUT2D eigenvalue weighted by Gasteiger charge is -2.09. The number of hydrogen-bond donors (Lipinski definition) is 3. The normalized spacial score (nSPS) is 10.5. The first kappa shape index (κ1) is 18.2. The van der Waals surface area contributed by atoms with Gasteiger partial charge in [0, 0.05) is 26.2 Å². The molecular weight excluding hydrogens is 328 g/mol. The molecule has 0 aliphatic rings. The molecule has 134 valence electrons. The van der Waals surface area contributed by atoms with Gasteiger partial charge in [-0.15, -0.1) is 0 Å². The molecule has 0 unspecified atom stereocenters. The second-order valence-corrected chi connectivity index (χ2v) is 5.33. The van der Waals surface area contributed by atoms with E-state index in [0.717, 1.165) is 6.42 Å². The van der Waals surface area contributed by atoms with Crippen molar-refractivity contribution in [1.82, 2.24) is 24.9 Å². The lowest BCUT2D eigenvalue weighted by Crippen LogP contribution is -2.27. The number of carboxylic acids is 1. The predicted octanol–water partition coefficient (Wildman–Crippen LogP) is 0.483. The van der Waals surface area contributed by atoms with Crippen LogP contribution in [0.25, 0.3) is 0 Å². The van der Waals surface area contributed by atoms with Gasteiger partial charge >= 0.3 is 5.97 Å². The van der Waals surface area contributed by atoms with Crippen LogP contribution < -0.4 is 10.6 Å². The van der Waals surface area contributed by atoms with E-state index in [9.17, 15) is 14.4 Å². The van der Waals surface area contributed by atoms with Crippen molar-refractivity contribution in [3.63, 3.8) is 0 Å². The third-order valence-electron chi connectivity index (χ3n) is 3.45. The van der Waals surface area contributed by atoms with Crippen LogP contribution in [0.2, 0.25) is 0 Å². The van der Waals surface area contributed by atoms with Crippen LogP contribution in [-0.4, -0.2) is 49.0 Å². The summed E-state index contributed by atoms with van der Waals surface area (Å²) in [4.78, 5) is 35.3. The van der Waals surface area contributed by atoms with Gasteiger partial charge in [-0.2, -0.15) is 10.2 Å². The molecule has 0 spiro atoms. The Kier molecular flexibility index (Phi) is 5.88. The molecule has 0 radical (unpaired) electrons. The molecule has 2 amide bonds. The highest BCUT2D eigenvalue weighted by Crippen LogP contribution is 2.14. The molecule has 0 atom stereocenters. The van der Waals surface area contributed by atoms with Gasteiger partial charge < -0.3 is 15.7 Å². The second kappa shape index (κ2) is 8.08. The molecule has 0 aliphatic heterocycles. The number of carboxylic acid groups (broad SMARTS) is 1. The van der Waals surface area contributed by atoms with Crippen molar-refractivity contribution >= 4 is 23.5 Å². The molecule has 2 aromatic heterocycles. The van der Waals surface area contributed by atoms with Crippen molar-refractivity contribution in [2.45, 2.75) is 26.3 Å². The zero-order valence-electron chi connectivity index (χ0n) is 14.0. The number of carbonyl (C=O) groups excluding carboxylic acids is 2. The standard InChI is InChI=1S/C15H20N6O4/c1-3-6-16-14(23)13-10(9-18-20(13)2)19-12(22)5-8-21-11(15(24)25)4-7-17-21/h4,7,9H,3,5-6,8H2,1-2H3,(H,16,23)(H,19,22)(H,24,25). The number of carbonyl (C=O) groups is 3. The molecule has 0 saturated carbocycles. The van der Waals surface area contributed by atoms with Crippen molar-refractivity contribution in [3.05, 3.63) is 29.8 Å². The number of hydrogen-bond acceptors (Lipinski definition) is 5. The van der Waals surface area contributed by atoms with Crippen LogP contribution in [0.3, 0.4) is 0 Å². The first-order valence-electron chi connectivity index (χ1n) is 7.79. The van der Waals surface area contributed by atoms with Crippen LogP contribution >= 0.6 is 0 Å². The molecule has 10 heteroatoms.